The fourth-order valence-electron chi connectivity index (χ4n) is 2.42. The first-order valence-electron chi connectivity index (χ1n) is 8.55. The number of nitrogens with two attached hydrogens (primary N) is 2. The SMILES string of the molecule is CC(C)(C)OC(=O)NCc1cc(N)ccc1CCOc1cccc(N)c1. The average Bonchev–Trinajstić information content (AvgIpc) is 2.53. The third-order valence-electron chi connectivity index (χ3n) is 3.55. The minimum absolute atomic E-state index is 0.341. The van der Waals surface area contributed by atoms with Crippen LogP contribution in [0.5, 0.6) is 5.75 Å². The van der Waals surface area contributed by atoms with Gasteiger partial charge in [0.15, 0.2) is 0 Å². The van der Waals surface area contributed by atoms with E-state index in [0.29, 0.717) is 30.9 Å². The number of ether oxygens (including phenoxy) is 2. The number of anilines is 2. The topological polar surface area (TPSA) is 99.6 Å². The molecule has 1 amide bonds. The van der Waals surface area contributed by atoms with Crippen molar-refractivity contribution in [3.63, 3.8) is 0 Å². The lowest BCUT2D eigenvalue weighted by atomic mass is 10.0. The molecule has 0 fully saturated rings. The highest BCUT2D eigenvalue weighted by Gasteiger charge is 2.16. The molecule has 0 heterocycles. The molecule has 26 heavy (non-hydrogen) atoms. The van der Waals surface area contributed by atoms with Gasteiger partial charge in [-0.3, -0.25) is 0 Å². The van der Waals surface area contributed by atoms with Gasteiger partial charge in [0.2, 0.25) is 0 Å². The van der Waals surface area contributed by atoms with Crippen molar-refractivity contribution in [3.05, 3.63) is 53.6 Å². The van der Waals surface area contributed by atoms with Crippen LogP contribution < -0.4 is 21.5 Å². The monoisotopic (exact) mass is 357 g/mol. The number of amides is 1. The van der Waals surface area contributed by atoms with Gasteiger partial charge < -0.3 is 26.3 Å². The fraction of sp³-hybridized carbons (Fsp3) is 0.350. The molecule has 5 N–H and O–H groups in total. The van der Waals surface area contributed by atoms with Gasteiger partial charge in [-0.25, -0.2) is 4.79 Å². The van der Waals surface area contributed by atoms with Crippen LogP contribution >= 0.6 is 0 Å². The van der Waals surface area contributed by atoms with Gasteiger partial charge in [-0.2, -0.15) is 0 Å². The summed E-state index contributed by atoms with van der Waals surface area (Å²) in [5.41, 5.74) is 14.4. The van der Waals surface area contributed by atoms with Crippen molar-refractivity contribution in [2.45, 2.75) is 39.3 Å². The molecular formula is C20H27N3O3. The van der Waals surface area contributed by atoms with Gasteiger partial charge in [0, 0.05) is 30.4 Å². The Morgan fingerprint density at radius 1 is 1.04 bits per heavy atom. The van der Waals surface area contributed by atoms with Crippen molar-refractivity contribution in [1.82, 2.24) is 5.32 Å². The quantitative estimate of drug-likeness (QED) is 0.687. The summed E-state index contributed by atoms with van der Waals surface area (Å²) in [6.07, 6.45) is 0.224. The highest BCUT2D eigenvalue weighted by molar-refractivity contribution is 5.67. The molecule has 2 rings (SSSR count). The maximum absolute atomic E-state index is 11.9. The second kappa shape index (κ2) is 8.47. The van der Waals surface area contributed by atoms with E-state index in [0.717, 1.165) is 16.9 Å². The van der Waals surface area contributed by atoms with Gasteiger partial charge in [0.25, 0.3) is 0 Å². The van der Waals surface area contributed by atoms with Crippen LogP contribution in [0.15, 0.2) is 42.5 Å². The van der Waals surface area contributed by atoms with Gasteiger partial charge >= 0.3 is 6.09 Å². The summed E-state index contributed by atoms with van der Waals surface area (Å²) in [5.74, 6) is 0.730. The normalized spacial score (nSPS) is 11.0. The van der Waals surface area contributed by atoms with E-state index in [-0.39, 0.29) is 0 Å². The Kier molecular flexibility index (Phi) is 6.33. The predicted molar refractivity (Wildman–Crippen MR) is 104 cm³/mol. The van der Waals surface area contributed by atoms with Crippen LogP contribution in [0.2, 0.25) is 0 Å². The Morgan fingerprint density at radius 2 is 1.77 bits per heavy atom. The number of nitrogen functional groups attached to an aromatic ring is 2. The van der Waals surface area contributed by atoms with E-state index in [4.69, 9.17) is 20.9 Å². The van der Waals surface area contributed by atoms with Gasteiger partial charge in [0.1, 0.15) is 11.4 Å². The van der Waals surface area contributed by atoms with E-state index < -0.39 is 11.7 Å². The number of rotatable bonds is 6. The lowest BCUT2D eigenvalue weighted by molar-refractivity contribution is 0.0523. The van der Waals surface area contributed by atoms with Crippen molar-refractivity contribution < 1.29 is 14.3 Å². The van der Waals surface area contributed by atoms with Gasteiger partial charge in [-0.1, -0.05) is 12.1 Å². The zero-order valence-corrected chi connectivity index (χ0v) is 15.5. The summed E-state index contributed by atoms with van der Waals surface area (Å²) in [7, 11) is 0. The fourth-order valence-corrected chi connectivity index (χ4v) is 2.42. The highest BCUT2D eigenvalue weighted by Crippen LogP contribution is 2.18. The maximum atomic E-state index is 11.9. The Morgan fingerprint density at radius 3 is 2.46 bits per heavy atom. The summed E-state index contributed by atoms with van der Waals surface area (Å²) < 4.78 is 11.0. The molecule has 2 aromatic carbocycles. The van der Waals surface area contributed by atoms with Crippen LogP contribution in [-0.4, -0.2) is 18.3 Å². The molecule has 0 saturated heterocycles. The number of hydrogen-bond donors (Lipinski definition) is 3. The molecule has 6 heteroatoms. The second-order valence-electron chi connectivity index (χ2n) is 7.05. The molecule has 0 saturated carbocycles. The van der Waals surface area contributed by atoms with Gasteiger partial charge in [-0.15, -0.1) is 0 Å². The van der Waals surface area contributed by atoms with Crippen molar-refractivity contribution in [3.8, 4) is 5.75 Å². The molecule has 0 aliphatic carbocycles. The Hall–Kier alpha value is -2.89. The van der Waals surface area contributed by atoms with Crippen molar-refractivity contribution in [2.24, 2.45) is 0 Å². The first-order chi connectivity index (χ1) is 12.2. The highest BCUT2D eigenvalue weighted by atomic mass is 16.6. The third kappa shape index (κ3) is 6.55. The summed E-state index contributed by atoms with van der Waals surface area (Å²) in [6.45, 7) is 6.31. The zero-order valence-electron chi connectivity index (χ0n) is 15.5. The van der Waals surface area contributed by atoms with Gasteiger partial charge in [-0.05, 0) is 56.2 Å². The summed E-state index contributed by atoms with van der Waals surface area (Å²) in [4.78, 5) is 11.9. The lowest BCUT2D eigenvalue weighted by Gasteiger charge is -2.20. The molecule has 0 aliphatic rings. The predicted octanol–water partition coefficient (Wildman–Crippen LogP) is 3.50. The average molecular weight is 357 g/mol. The van der Waals surface area contributed by atoms with Crippen LogP contribution in [0, 0.1) is 0 Å². The molecule has 0 spiro atoms. The maximum Gasteiger partial charge on any atom is 0.407 e. The van der Waals surface area contributed by atoms with E-state index in [9.17, 15) is 4.79 Å². The second-order valence-corrected chi connectivity index (χ2v) is 7.05. The number of hydrogen-bond acceptors (Lipinski definition) is 5. The van der Waals surface area contributed by atoms with Crippen LogP contribution in [0.25, 0.3) is 0 Å². The Labute approximate surface area is 154 Å². The lowest BCUT2D eigenvalue weighted by Crippen LogP contribution is -2.32. The molecule has 6 nitrogen and oxygen atoms in total. The number of carbonyl (C=O) groups excluding carboxylic acids is 1. The first-order valence-corrected chi connectivity index (χ1v) is 8.55. The standard InChI is InChI=1S/C20H27N3O3/c1-20(2,3)26-19(24)23-13-15-11-17(22)8-7-14(15)9-10-25-18-6-4-5-16(21)12-18/h4-8,11-12H,9-10,13,21-22H2,1-3H3,(H,23,24). The minimum atomic E-state index is -0.534. The smallest absolute Gasteiger partial charge is 0.407 e. The molecule has 0 aliphatic heterocycles. The third-order valence-corrected chi connectivity index (χ3v) is 3.55. The first kappa shape index (κ1) is 19.4. The van der Waals surface area contributed by atoms with Crippen molar-refractivity contribution in [2.75, 3.05) is 18.1 Å². The van der Waals surface area contributed by atoms with Crippen LogP contribution in [-0.2, 0) is 17.7 Å². The zero-order chi connectivity index (χ0) is 19.2. The van der Waals surface area contributed by atoms with Crippen LogP contribution in [0.3, 0.4) is 0 Å². The minimum Gasteiger partial charge on any atom is -0.493 e. The molecule has 140 valence electrons. The number of carbonyl (C=O) groups is 1. The van der Waals surface area contributed by atoms with E-state index in [1.807, 2.05) is 57.2 Å². The van der Waals surface area contributed by atoms with E-state index in [1.54, 1.807) is 6.07 Å². The Bertz CT molecular complexity index is 754. The summed E-state index contributed by atoms with van der Waals surface area (Å²) in [5, 5.41) is 2.76. The number of nitrogens with one attached hydrogen (secondary N) is 1. The summed E-state index contributed by atoms with van der Waals surface area (Å²) in [6, 6.07) is 13.0. The number of benzene rings is 2. The largest absolute Gasteiger partial charge is 0.493 e. The molecule has 0 atom stereocenters. The molecule has 0 radical (unpaired) electrons. The van der Waals surface area contributed by atoms with Crippen LogP contribution in [0.4, 0.5) is 16.2 Å². The van der Waals surface area contributed by atoms with E-state index in [1.165, 1.54) is 0 Å². The molecular weight excluding hydrogens is 330 g/mol. The van der Waals surface area contributed by atoms with Crippen molar-refractivity contribution >= 4 is 17.5 Å². The Balaban J connectivity index is 1.95. The van der Waals surface area contributed by atoms with E-state index in [2.05, 4.69) is 5.32 Å². The van der Waals surface area contributed by atoms with Gasteiger partial charge in [0.05, 0.1) is 6.61 Å². The molecule has 0 bridgehead atoms. The van der Waals surface area contributed by atoms with Crippen molar-refractivity contribution in [1.29, 1.82) is 0 Å². The molecule has 0 unspecified atom stereocenters. The number of alkyl carbamates (subject to hydrolysis) is 1. The van der Waals surface area contributed by atoms with Crippen LogP contribution in [0.1, 0.15) is 31.9 Å². The molecule has 2 aromatic rings. The summed E-state index contributed by atoms with van der Waals surface area (Å²) >= 11 is 0. The van der Waals surface area contributed by atoms with E-state index >= 15 is 0 Å². The molecule has 0 aromatic heterocycles.